The van der Waals surface area contributed by atoms with Crippen LogP contribution >= 0.6 is 0 Å². The Morgan fingerprint density at radius 2 is 1.90 bits per heavy atom. The molecule has 0 spiro atoms. The summed E-state index contributed by atoms with van der Waals surface area (Å²) in [4.78, 5) is 2.29. The first-order valence-electron chi connectivity index (χ1n) is 3.92. The lowest BCUT2D eigenvalue weighted by atomic mass is 10.2. The molecule has 59 valence electrons. The second-order valence-electron chi connectivity index (χ2n) is 2.57. The number of rotatable bonds is 5. The Morgan fingerprint density at radius 1 is 1.40 bits per heavy atom. The molecule has 0 aromatic carbocycles. The van der Waals surface area contributed by atoms with Gasteiger partial charge in [-0.1, -0.05) is 19.4 Å². The van der Waals surface area contributed by atoms with E-state index in [1.54, 1.807) is 0 Å². The lowest BCUT2D eigenvalue weighted by Gasteiger charge is -2.16. The molecule has 0 heterocycles. The highest BCUT2D eigenvalue weighted by molar-refractivity contribution is 4.93. The van der Waals surface area contributed by atoms with Gasteiger partial charge in [-0.15, -0.1) is 6.58 Å². The summed E-state index contributed by atoms with van der Waals surface area (Å²) in [5.74, 6) is 0. The molecule has 0 unspecified atom stereocenters. The van der Waals surface area contributed by atoms with Crippen molar-refractivity contribution in [1.82, 2.24) is 4.90 Å². The highest BCUT2D eigenvalue weighted by Gasteiger charge is 1.97. The Hall–Kier alpha value is -0.300. The fourth-order valence-electron chi connectivity index (χ4n) is 0.767. The van der Waals surface area contributed by atoms with Crippen LogP contribution in [0.15, 0.2) is 12.2 Å². The van der Waals surface area contributed by atoms with Crippen LogP contribution in [0.2, 0.25) is 0 Å². The van der Waals surface area contributed by atoms with E-state index in [0.29, 0.717) is 0 Å². The van der Waals surface area contributed by atoms with Crippen molar-refractivity contribution in [3.8, 4) is 0 Å². The zero-order chi connectivity index (χ0) is 7.98. The summed E-state index contributed by atoms with van der Waals surface area (Å²) in [5, 5.41) is 0. The lowest BCUT2D eigenvalue weighted by Crippen LogP contribution is -2.19. The minimum Gasteiger partial charge on any atom is -0.299 e. The van der Waals surface area contributed by atoms with E-state index in [2.05, 4.69) is 38.8 Å². The molecule has 0 saturated carbocycles. The highest BCUT2D eigenvalue weighted by Crippen LogP contribution is 2.02. The number of hydrogen-bond acceptors (Lipinski definition) is 1. The van der Waals surface area contributed by atoms with Crippen molar-refractivity contribution < 1.29 is 0 Å². The SMILES string of the molecule is C=C(C)C[CH]N(CC)CC. The summed E-state index contributed by atoms with van der Waals surface area (Å²) < 4.78 is 0. The third-order valence-electron chi connectivity index (χ3n) is 1.51. The molecule has 1 heteroatoms. The van der Waals surface area contributed by atoms with E-state index in [4.69, 9.17) is 0 Å². The van der Waals surface area contributed by atoms with Gasteiger partial charge in [0, 0.05) is 6.54 Å². The molecule has 0 saturated heterocycles. The standard InChI is InChI=1S/C9H18N/c1-5-10(6-2)8-7-9(3)4/h8H,3,5-7H2,1-2,4H3. The van der Waals surface area contributed by atoms with Crippen LogP contribution in [0.1, 0.15) is 27.2 Å². The molecule has 0 atom stereocenters. The van der Waals surface area contributed by atoms with E-state index >= 15 is 0 Å². The van der Waals surface area contributed by atoms with Crippen molar-refractivity contribution in [3.63, 3.8) is 0 Å². The predicted molar refractivity (Wildman–Crippen MR) is 46.7 cm³/mol. The van der Waals surface area contributed by atoms with Crippen molar-refractivity contribution in [2.45, 2.75) is 27.2 Å². The smallest absolute Gasteiger partial charge is 0.0291 e. The van der Waals surface area contributed by atoms with Gasteiger partial charge in [0.05, 0.1) is 0 Å². The van der Waals surface area contributed by atoms with Gasteiger partial charge in [0.25, 0.3) is 0 Å². The van der Waals surface area contributed by atoms with Gasteiger partial charge in [-0.05, 0) is 26.4 Å². The van der Waals surface area contributed by atoms with E-state index in [9.17, 15) is 0 Å². The molecule has 0 rings (SSSR count). The highest BCUT2D eigenvalue weighted by atomic mass is 15.1. The van der Waals surface area contributed by atoms with Crippen molar-refractivity contribution >= 4 is 0 Å². The quantitative estimate of drug-likeness (QED) is 0.530. The second kappa shape index (κ2) is 5.48. The molecule has 0 fully saturated rings. The lowest BCUT2D eigenvalue weighted by molar-refractivity contribution is 0.365. The molecule has 0 bridgehead atoms. The second-order valence-corrected chi connectivity index (χ2v) is 2.57. The van der Waals surface area contributed by atoms with Crippen LogP contribution in [-0.4, -0.2) is 18.0 Å². The maximum atomic E-state index is 3.84. The van der Waals surface area contributed by atoms with Gasteiger partial charge in [0.2, 0.25) is 0 Å². The molecule has 0 aliphatic rings. The Kier molecular flexibility index (Phi) is 5.32. The van der Waals surface area contributed by atoms with Crippen LogP contribution in [0.4, 0.5) is 0 Å². The third-order valence-corrected chi connectivity index (χ3v) is 1.51. The predicted octanol–water partition coefficient (Wildman–Crippen LogP) is 2.46. The fourth-order valence-corrected chi connectivity index (χ4v) is 0.767. The monoisotopic (exact) mass is 140 g/mol. The van der Waals surface area contributed by atoms with E-state index in [-0.39, 0.29) is 0 Å². The zero-order valence-corrected chi connectivity index (χ0v) is 7.35. The maximum Gasteiger partial charge on any atom is 0.0291 e. The Bertz CT molecular complexity index is 92.9. The molecule has 0 aliphatic heterocycles. The van der Waals surface area contributed by atoms with Crippen LogP contribution in [0.5, 0.6) is 0 Å². The summed E-state index contributed by atoms with van der Waals surface area (Å²) >= 11 is 0. The van der Waals surface area contributed by atoms with Gasteiger partial charge in [0.1, 0.15) is 0 Å². The van der Waals surface area contributed by atoms with Crippen molar-refractivity contribution in [2.24, 2.45) is 0 Å². The first kappa shape index (κ1) is 9.70. The van der Waals surface area contributed by atoms with Gasteiger partial charge in [-0.3, -0.25) is 4.90 Å². The van der Waals surface area contributed by atoms with Gasteiger partial charge < -0.3 is 0 Å². The van der Waals surface area contributed by atoms with Crippen LogP contribution in [0.3, 0.4) is 0 Å². The van der Waals surface area contributed by atoms with Crippen molar-refractivity contribution in [1.29, 1.82) is 0 Å². The maximum absolute atomic E-state index is 3.84. The van der Waals surface area contributed by atoms with Gasteiger partial charge in [-0.25, -0.2) is 0 Å². The van der Waals surface area contributed by atoms with Crippen LogP contribution in [0, 0.1) is 6.54 Å². The Labute approximate surface area is 64.7 Å². The number of nitrogens with zero attached hydrogens (tertiary/aromatic N) is 1. The van der Waals surface area contributed by atoms with Crippen molar-refractivity contribution in [3.05, 3.63) is 18.7 Å². The molecule has 0 aromatic heterocycles. The molecular weight excluding hydrogens is 122 g/mol. The number of hydrogen-bond donors (Lipinski definition) is 0. The van der Waals surface area contributed by atoms with E-state index in [1.807, 2.05) is 0 Å². The fraction of sp³-hybridized carbons (Fsp3) is 0.667. The normalized spacial score (nSPS) is 10.4. The average Bonchev–Trinajstić information content (AvgIpc) is 1.90. The molecule has 0 amide bonds. The van der Waals surface area contributed by atoms with Crippen LogP contribution in [-0.2, 0) is 0 Å². The summed E-state index contributed by atoms with van der Waals surface area (Å²) in [6.45, 7) is 14.6. The average molecular weight is 140 g/mol. The minimum absolute atomic E-state index is 1.02. The van der Waals surface area contributed by atoms with E-state index in [1.165, 1.54) is 5.57 Å². The minimum atomic E-state index is 1.02. The van der Waals surface area contributed by atoms with E-state index in [0.717, 1.165) is 19.5 Å². The van der Waals surface area contributed by atoms with Gasteiger partial charge in [0.15, 0.2) is 0 Å². The first-order valence-corrected chi connectivity index (χ1v) is 3.92. The Morgan fingerprint density at radius 3 is 2.20 bits per heavy atom. The molecule has 10 heavy (non-hydrogen) atoms. The van der Waals surface area contributed by atoms with Crippen LogP contribution < -0.4 is 0 Å². The molecular formula is C9H18N. The van der Waals surface area contributed by atoms with Gasteiger partial charge in [-0.2, -0.15) is 0 Å². The summed E-state index contributed by atoms with van der Waals surface area (Å²) in [7, 11) is 0. The largest absolute Gasteiger partial charge is 0.299 e. The topological polar surface area (TPSA) is 3.24 Å². The van der Waals surface area contributed by atoms with E-state index < -0.39 is 0 Å². The molecule has 1 nitrogen and oxygen atoms in total. The molecule has 0 aliphatic carbocycles. The van der Waals surface area contributed by atoms with Gasteiger partial charge >= 0.3 is 0 Å². The molecule has 0 aromatic rings. The van der Waals surface area contributed by atoms with Crippen LogP contribution in [0.25, 0.3) is 0 Å². The third kappa shape index (κ3) is 4.57. The molecule has 0 N–H and O–H groups in total. The summed E-state index contributed by atoms with van der Waals surface area (Å²) in [6.07, 6.45) is 1.02. The van der Waals surface area contributed by atoms with Crippen molar-refractivity contribution in [2.75, 3.05) is 13.1 Å². The summed E-state index contributed by atoms with van der Waals surface area (Å²) in [6, 6.07) is 0. The Balaban J connectivity index is 3.34. The molecule has 1 radical (unpaired) electrons. The first-order chi connectivity index (χ1) is 4.70. The zero-order valence-electron chi connectivity index (χ0n) is 7.35. The summed E-state index contributed by atoms with van der Waals surface area (Å²) in [5.41, 5.74) is 1.23.